The Morgan fingerprint density at radius 1 is 1.00 bits per heavy atom. The highest BCUT2D eigenvalue weighted by atomic mass is 19.4. The van der Waals surface area contributed by atoms with Gasteiger partial charge in [0.2, 0.25) is 0 Å². The Labute approximate surface area is 98.7 Å². The van der Waals surface area contributed by atoms with Gasteiger partial charge < -0.3 is 14.6 Å². The Bertz CT molecular complexity index is 278. The fraction of sp³-hybridized carbons (Fsp3) is 1.00. The van der Waals surface area contributed by atoms with Crippen molar-refractivity contribution in [1.29, 1.82) is 0 Å². The summed E-state index contributed by atoms with van der Waals surface area (Å²) in [5, 5.41) is 8.99. The van der Waals surface area contributed by atoms with Gasteiger partial charge in [-0.15, -0.1) is 0 Å². The number of ether oxygens (including phenoxy) is 2. The van der Waals surface area contributed by atoms with Crippen molar-refractivity contribution >= 4 is 0 Å². The summed E-state index contributed by atoms with van der Waals surface area (Å²) in [4.78, 5) is 0. The molecular weight excluding hydrogens is 270 g/mol. The first kappa shape index (κ1) is 15.5. The molecule has 0 unspecified atom stereocenters. The van der Waals surface area contributed by atoms with Crippen LogP contribution in [0.25, 0.3) is 0 Å². The first-order valence-electron chi connectivity index (χ1n) is 5.05. The molecule has 1 N–H and O–H groups in total. The highest BCUT2D eigenvalue weighted by molar-refractivity contribution is 4.97. The zero-order valence-electron chi connectivity index (χ0n) is 9.36. The van der Waals surface area contributed by atoms with Crippen molar-refractivity contribution in [3.63, 3.8) is 0 Å². The third kappa shape index (κ3) is 2.89. The molecule has 0 atom stereocenters. The van der Waals surface area contributed by atoms with Crippen molar-refractivity contribution in [1.82, 2.24) is 0 Å². The van der Waals surface area contributed by atoms with Crippen LogP contribution in [0.15, 0.2) is 0 Å². The Hall–Kier alpha value is -0.540. The van der Waals surface area contributed by atoms with Gasteiger partial charge in [0, 0.05) is 6.42 Å². The number of aliphatic hydroxyl groups is 1. The molecule has 1 aliphatic rings. The lowest BCUT2D eigenvalue weighted by Gasteiger charge is -2.41. The fourth-order valence-corrected chi connectivity index (χ4v) is 1.60. The summed E-state index contributed by atoms with van der Waals surface area (Å²) in [6, 6.07) is 0. The van der Waals surface area contributed by atoms with Gasteiger partial charge in [0.15, 0.2) is 5.79 Å². The van der Waals surface area contributed by atoms with Crippen molar-refractivity contribution in [2.75, 3.05) is 13.2 Å². The smallest absolute Gasteiger partial charge is 0.373 e. The third-order valence-corrected chi connectivity index (χ3v) is 2.62. The van der Waals surface area contributed by atoms with Crippen LogP contribution < -0.4 is 0 Å². The van der Waals surface area contributed by atoms with Crippen LogP contribution in [-0.2, 0) is 9.47 Å². The summed E-state index contributed by atoms with van der Waals surface area (Å²) in [5.41, 5.74) is -4.86. The van der Waals surface area contributed by atoms with Gasteiger partial charge in [0.05, 0.1) is 13.2 Å². The average Bonchev–Trinajstić information content (AvgIpc) is 2.14. The van der Waals surface area contributed by atoms with E-state index in [1.54, 1.807) is 0 Å². The molecule has 1 aliphatic heterocycles. The van der Waals surface area contributed by atoms with Crippen LogP contribution in [0, 0.1) is 0 Å². The molecule has 0 aromatic rings. The molecule has 9 heteroatoms. The van der Waals surface area contributed by atoms with Gasteiger partial charge in [-0.3, -0.25) is 0 Å². The number of alkyl halides is 6. The first-order valence-corrected chi connectivity index (χ1v) is 5.05. The van der Waals surface area contributed by atoms with Crippen molar-refractivity contribution in [2.45, 2.75) is 43.5 Å². The monoisotopic (exact) mass is 282 g/mol. The summed E-state index contributed by atoms with van der Waals surface area (Å²) in [5.74, 6) is -2.11. The molecule has 108 valence electrons. The molecule has 0 aromatic carbocycles. The van der Waals surface area contributed by atoms with Crippen LogP contribution in [0.5, 0.6) is 0 Å². The van der Waals surface area contributed by atoms with E-state index in [0.717, 1.165) is 6.92 Å². The van der Waals surface area contributed by atoms with E-state index >= 15 is 0 Å². The Kier molecular flexibility index (Phi) is 3.91. The van der Waals surface area contributed by atoms with Crippen molar-refractivity contribution < 1.29 is 40.9 Å². The molecule has 1 fully saturated rings. The van der Waals surface area contributed by atoms with Gasteiger partial charge in [-0.25, -0.2) is 0 Å². The maximum absolute atomic E-state index is 12.4. The van der Waals surface area contributed by atoms with Gasteiger partial charge in [-0.05, 0) is 13.3 Å². The van der Waals surface area contributed by atoms with Gasteiger partial charge >= 0.3 is 12.4 Å². The molecule has 0 aromatic heterocycles. The van der Waals surface area contributed by atoms with Crippen LogP contribution in [0.2, 0.25) is 0 Å². The molecular formula is C9H12F6O3. The van der Waals surface area contributed by atoms with Gasteiger partial charge in [-0.1, -0.05) is 0 Å². The minimum Gasteiger partial charge on any atom is -0.373 e. The molecule has 1 saturated heterocycles. The lowest BCUT2D eigenvalue weighted by atomic mass is 9.92. The highest BCUT2D eigenvalue weighted by Crippen LogP contribution is 2.48. The van der Waals surface area contributed by atoms with E-state index in [9.17, 15) is 26.3 Å². The minimum atomic E-state index is -5.86. The predicted octanol–water partition coefficient (Wildman–Crippen LogP) is 2.39. The molecule has 3 nitrogen and oxygen atoms in total. The number of rotatable bonds is 2. The SMILES string of the molecule is CC1(CC(O)(C(F)(F)F)C(F)(F)F)OCCCO1. The first-order chi connectivity index (χ1) is 7.91. The van der Waals surface area contributed by atoms with Crippen LogP contribution in [-0.4, -0.2) is 42.1 Å². The second-order valence-corrected chi connectivity index (χ2v) is 4.22. The summed E-state index contributed by atoms with van der Waals surface area (Å²) >= 11 is 0. The Morgan fingerprint density at radius 3 is 1.72 bits per heavy atom. The van der Waals surface area contributed by atoms with E-state index in [1.807, 2.05) is 0 Å². The van der Waals surface area contributed by atoms with Crippen LogP contribution in [0.4, 0.5) is 26.3 Å². The van der Waals surface area contributed by atoms with Gasteiger partial charge in [0.25, 0.3) is 5.60 Å². The normalized spacial score (nSPS) is 22.0. The molecule has 0 aliphatic carbocycles. The van der Waals surface area contributed by atoms with E-state index in [0.29, 0.717) is 6.42 Å². The summed E-state index contributed by atoms with van der Waals surface area (Å²) < 4.78 is 84.2. The van der Waals surface area contributed by atoms with E-state index in [2.05, 4.69) is 0 Å². The van der Waals surface area contributed by atoms with Gasteiger partial charge in [0.1, 0.15) is 0 Å². The topological polar surface area (TPSA) is 38.7 Å². The zero-order chi connectivity index (χ0) is 14.2. The van der Waals surface area contributed by atoms with E-state index in [-0.39, 0.29) is 13.2 Å². The number of halogens is 6. The Morgan fingerprint density at radius 2 is 1.39 bits per heavy atom. The average molecular weight is 282 g/mol. The van der Waals surface area contributed by atoms with E-state index in [4.69, 9.17) is 14.6 Å². The molecule has 0 bridgehead atoms. The second-order valence-electron chi connectivity index (χ2n) is 4.22. The third-order valence-electron chi connectivity index (χ3n) is 2.62. The maximum Gasteiger partial charge on any atom is 0.426 e. The number of hydrogen-bond acceptors (Lipinski definition) is 3. The number of hydrogen-bond donors (Lipinski definition) is 1. The quantitative estimate of drug-likeness (QED) is 0.790. The van der Waals surface area contributed by atoms with Crippen LogP contribution in [0.3, 0.4) is 0 Å². The Balaban J connectivity index is 2.99. The summed E-state index contributed by atoms with van der Waals surface area (Å²) in [7, 11) is 0. The molecule has 1 rings (SSSR count). The van der Waals surface area contributed by atoms with Crippen LogP contribution >= 0.6 is 0 Å². The lowest BCUT2D eigenvalue weighted by Crippen LogP contribution is -2.61. The second kappa shape index (κ2) is 4.53. The zero-order valence-corrected chi connectivity index (χ0v) is 9.36. The lowest BCUT2D eigenvalue weighted by molar-refractivity contribution is -0.396. The summed E-state index contributed by atoms with van der Waals surface area (Å²) in [6.45, 7) is 0.888. The molecule has 18 heavy (non-hydrogen) atoms. The van der Waals surface area contributed by atoms with E-state index in [1.165, 1.54) is 0 Å². The van der Waals surface area contributed by atoms with Crippen molar-refractivity contribution in [3.8, 4) is 0 Å². The molecule has 0 radical (unpaired) electrons. The van der Waals surface area contributed by atoms with Crippen molar-refractivity contribution in [2.24, 2.45) is 0 Å². The van der Waals surface area contributed by atoms with Crippen LogP contribution in [0.1, 0.15) is 19.8 Å². The van der Waals surface area contributed by atoms with E-state index < -0.39 is 30.2 Å². The largest absolute Gasteiger partial charge is 0.426 e. The molecule has 0 amide bonds. The molecule has 0 spiro atoms. The maximum atomic E-state index is 12.4. The minimum absolute atomic E-state index is 0.0255. The van der Waals surface area contributed by atoms with Crippen molar-refractivity contribution in [3.05, 3.63) is 0 Å². The molecule has 0 saturated carbocycles. The highest BCUT2D eigenvalue weighted by Gasteiger charge is 2.72. The van der Waals surface area contributed by atoms with Gasteiger partial charge in [-0.2, -0.15) is 26.3 Å². The fourth-order valence-electron chi connectivity index (χ4n) is 1.60. The predicted molar refractivity (Wildman–Crippen MR) is 46.6 cm³/mol. The standard InChI is InChI=1S/C9H12F6O3/c1-6(17-3-2-4-18-6)5-7(16,8(10,11)12)9(13,14)15/h16H,2-5H2,1H3. The summed E-state index contributed by atoms with van der Waals surface area (Å²) in [6.07, 6.45) is -13.1. The molecule has 1 heterocycles.